The number of nitrogens with zero attached hydrogens (tertiary/aromatic N) is 2. The molecule has 23 nitrogen and oxygen atoms in total. The monoisotopic (exact) mass is 814 g/mol. The maximum absolute atomic E-state index is 14.0. The van der Waals surface area contributed by atoms with Gasteiger partial charge in [-0.2, -0.15) is 0 Å². The fourth-order valence-electron chi connectivity index (χ4n) is 5.33. The van der Waals surface area contributed by atoms with E-state index < -0.39 is 109 Å². The smallest absolute Gasteiger partial charge is 0.305 e. The van der Waals surface area contributed by atoms with Gasteiger partial charge >= 0.3 is 11.9 Å². The summed E-state index contributed by atoms with van der Waals surface area (Å²) < 4.78 is 0. The van der Waals surface area contributed by atoms with Crippen molar-refractivity contribution in [1.82, 2.24) is 41.9 Å². The maximum Gasteiger partial charge on any atom is 0.305 e. The number of carboxylic acids is 2. The lowest BCUT2D eigenvalue weighted by Gasteiger charge is -2.27. The number of rotatable bonds is 25. The molecule has 0 bridgehead atoms. The fourth-order valence-corrected chi connectivity index (χ4v) is 5.33. The third-order valence-electron chi connectivity index (χ3n) is 8.24. The molecule has 2 rings (SSSR count). The normalized spacial score (nSPS) is 13.8. The Hall–Kier alpha value is -7.07. The number of hydrogen-bond acceptors (Lipinski definition) is 11. The van der Waals surface area contributed by atoms with E-state index >= 15 is 0 Å². The minimum Gasteiger partial charge on any atom is -0.481 e. The van der Waals surface area contributed by atoms with Crippen molar-refractivity contribution >= 4 is 59.2 Å². The first-order valence-electron chi connectivity index (χ1n) is 17.9. The van der Waals surface area contributed by atoms with Crippen LogP contribution in [-0.2, 0) is 56.0 Å². The van der Waals surface area contributed by atoms with E-state index in [1.807, 2.05) is 0 Å². The Bertz CT molecular complexity index is 1770. The number of primary amides is 1. The van der Waals surface area contributed by atoms with Gasteiger partial charge in [0.25, 0.3) is 0 Å². The number of amides is 7. The third-order valence-corrected chi connectivity index (χ3v) is 8.24. The molecule has 23 heteroatoms. The molecule has 0 spiro atoms. The Morgan fingerprint density at radius 1 is 0.707 bits per heavy atom. The van der Waals surface area contributed by atoms with E-state index in [0.717, 1.165) is 6.92 Å². The molecule has 0 aliphatic rings. The summed E-state index contributed by atoms with van der Waals surface area (Å²) in [6.07, 6.45) is 0.842. The number of aromatic nitrogens is 2. The summed E-state index contributed by atoms with van der Waals surface area (Å²) in [7, 11) is 0. The van der Waals surface area contributed by atoms with Gasteiger partial charge < -0.3 is 64.3 Å². The summed E-state index contributed by atoms with van der Waals surface area (Å²) in [6.45, 7) is 2.33. The highest BCUT2D eigenvalue weighted by molar-refractivity contribution is 5.97. The molecule has 1 heterocycles. The van der Waals surface area contributed by atoms with Crippen LogP contribution in [0, 0.1) is 0 Å². The highest BCUT2D eigenvalue weighted by Crippen LogP contribution is 2.09. The number of carbonyl (C=O) groups is 9. The highest BCUT2D eigenvalue weighted by Gasteiger charge is 2.33. The van der Waals surface area contributed by atoms with Gasteiger partial charge in [-0.3, -0.25) is 48.1 Å². The highest BCUT2D eigenvalue weighted by atomic mass is 16.4. The minimum absolute atomic E-state index is 0.0492. The first-order chi connectivity index (χ1) is 27.4. The molecule has 1 aromatic heterocycles. The average molecular weight is 815 g/mol. The number of imidazole rings is 1. The Morgan fingerprint density at radius 3 is 1.83 bits per heavy atom. The van der Waals surface area contributed by atoms with Gasteiger partial charge in [0, 0.05) is 44.6 Å². The van der Waals surface area contributed by atoms with Gasteiger partial charge in [0.05, 0.1) is 12.7 Å². The number of carboxylic acid groups (broad SMARTS) is 2. The number of aliphatic imine (C=N–C) groups is 1. The molecule has 0 aliphatic carbocycles. The van der Waals surface area contributed by atoms with Crippen molar-refractivity contribution in [3.63, 3.8) is 0 Å². The Morgan fingerprint density at radius 2 is 1.28 bits per heavy atom. The molecule has 0 saturated heterocycles. The molecule has 0 unspecified atom stereocenters. The SMILES string of the molecule is CC(=O)N[C@@H](CC(=O)O)C(=O)N[C@@H](C)C(=O)N[C@@H](CCC(=O)O)C(=O)N[C@@H](Cc1ccccc1)C(=O)N[C@@H](CCCN=C(N)N)C(=O)N[C@@H](Cc1cnc[nH]1)C(N)=O. The fraction of sp³-hybridized carbons (Fsp3) is 0.457. The Balaban J connectivity index is 2.36. The summed E-state index contributed by atoms with van der Waals surface area (Å²) >= 11 is 0. The summed E-state index contributed by atoms with van der Waals surface area (Å²) in [4.78, 5) is 124. The van der Waals surface area contributed by atoms with Gasteiger partial charge in [0.2, 0.25) is 41.4 Å². The molecule has 0 fully saturated rings. The molecule has 1 aromatic carbocycles. The molecule has 6 atom stereocenters. The second kappa shape index (κ2) is 23.8. The number of nitrogens with two attached hydrogens (primary N) is 3. The molecular weight excluding hydrogens is 764 g/mol. The molecular formula is C35H50N12O11. The van der Waals surface area contributed by atoms with Gasteiger partial charge in [-0.15, -0.1) is 0 Å². The largest absolute Gasteiger partial charge is 0.481 e. The van der Waals surface area contributed by atoms with Crippen molar-refractivity contribution in [1.29, 1.82) is 0 Å². The van der Waals surface area contributed by atoms with Crippen LogP contribution in [0.1, 0.15) is 57.2 Å². The van der Waals surface area contributed by atoms with Crippen LogP contribution in [0.5, 0.6) is 0 Å². The van der Waals surface area contributed by atoms with E-state index in [0.29, 0.717) is 11.3 Å². The zero-order valence-electron chi connectivity index (χ0n) is 31.9. The third kappa shape index (κ3) is 17.6. The molecule has 7 amide bonds. The number of H-pyrrole nitrogens is 1. The van der Waals surface area contributed by atoms with Gasteiger partial charge in [0.15, 0.2) is 5.96 Å². The standard InChI is InChI=1S/C35H50N12O11/c1-18(42-33(57)26(15-28(51)52)43-19(2)48)30(54)44-23(10-11-27(49)50)32(56)47-25(13-20-7-4-3-5-8-20)34(58)45-22(9-6-12-40-35(37)38)31(55)46-24(29(36)53)14-21-16-39-17-41-21/h3-5,7-8,16-18,22-26H,6,9-15H2,1-2H3,(H2,36,53)(H,39,41)(H,42,57)(H,43,48)(H,44,54)(H,45,58)(H,46,55)(H,47,56)(H,49,50)(H,51,52)(H4,37,38,40)/t18-,22-,23-,24-,25-,26-/m0/s1. The number of nitrogens with one attached hydrogen (secondary N) is 7. The van der Waals surface area contributed by atoms with Crippen LogP contribution in [-0.4, -0.2) is 122 Å². The minimum atomic E-state index is -1.59. The van der Waals surface area contributed by atoms with E-state index in [9.17, 15) is 48.3 Å². The predicted octanol–water partition coefficient (Wildman–Crippen LogP) is -3.98. The average Bonchev–Trinajstić information content (AvgIpc) is 3.66. The molecule has 316 valence electrons. The molecule has 0 saturated carbocycles. The molecule has 0 radical (unpaired) electrons. The van der Waals surface area contributed by atoms with Gasteiger partial charge in [-0.1, -0.05) is 30.3 Å². The van der Waals surface area contributed by atoms with Crippen molar-refractivity contribution in [3.8, 4) is 0 Å². The van der Waals surface area contributed by atoms with E-state index in [-0.39, 0.29) is 38.2 Å². The number of aromatic amines is 1. The Labute approximate surface area is 332 Å². The number of aliphatic carboxylic acids is 2. The first kappa shape index (κ1) is 47.1. The van der Waals surface area contributed by atoms with Crippen LogP contribution in [0.3, 0.4) is 0 Å². The zero-order valence-corrected chi connectivity index (χ0v) is 31.9. The van der Waals surface area contributed by atoms with E-state index in [1.165, 1.54) is 19.4 Å². The second-order valence-corrected chi connectivity index (χ2v) is 13.1. The van der Waals surface area contributed by atoms with Crippen molar-refractivity contribution in [2.45, 2.75) is 95.0 Å². The molecule has 15 N–H and O–H groups in total. The number of benzene rings is 1. The Kier molecular flexibility index (Phi) is 19.3. The summed E-state index contributed by atoms with van der Waals surface area (Å²) in [5.41, 5.74) is 17.4. The van der Waals surface area contributed by atoms with Gasteiger partial charge in [0.1, 0.15) is 36.3 Å². The molecule has 58 heavy (non-hydrogen) atoms. The molecule has 0 aliphatic heterocycles. The zero-order chi connectivity index (χ0) is 43.4. The van der Waals surface area contributed by atoms with Crippen molar-refractivity contribution in [2.24, 2.45) is 22.2 Å². The topological polar surface area (TPSA) is 385 Å². The van der Waals surface area contributed by atoms with Crippen molar-refractivity contribution in [3.05, 3.63) is 54.1 Å². The van der Waals surface area contributed by atoms with Crippen LogP contribution in [0.25, 0.3) is 0 Å². The predicted molar refractivity (Wildman–Crippen MR) is 204 cm³/mol. The second-order valence-electron chi connectivity index (χ2n) is 13.1. The maximum atomic E-state index is 14.0. The van der Waals surface area contributed by atoms with E-state index in [4.69, 9.17) is 22.3 Å². The van der Waals surface area contributed by atoms with Crippen molar-refractivity contribution in [2.75, 3.05) is 6.54 Å². The lowest BCUT2D eigenvalue weighted by Crippen LogP contribution is -2.60. The van der Waals surface area contributed by atoms with Crippen LogP contribution < -0.4 is 49.1 Å². The molecule has 2 aromatic rings. The first-order valence-corrected chi connectivity index (χ1v) is 17.9. The van der Waals surface area contributed by atoms with E-state index in [1.54, 1.807) is 30.3 Å². The lowest BCUT2D eigenvalue weighted by molar-refractivity contribution is -0.141. The van der Waals surface area contributed by atoms with E-state index in [2.05, 4.69) is 46.9 Å². The number of guanidine groups is 1. The van der Waals surface area contributed by atoms with Crippen molar-refractivity contribution < 1.29 is 53.4 Å². The van der Waals surface area contributed by atoms with Crippen LogP contribution in [0.15, 0.2) is 47.8 Å². The van der Waals surface area contributed by atoms with Crippen LogP contribution in [0.2, 0.25) is 0 Å². The van der Waals surface area contributed by atoms with Crippen LogP contribution in [0.4, 0.5) is 0 Å². The van der Waals surface area contributed by atoms with Gasteiger partial charge in [-0.05, 0) is 31.7 Å². The summed E-state index contributed by atoms with van der Waals surface area (Å²) in [5, 5.41) is 32.9. The number of hydrogen-bond donors (Lipinski definition) is 12. The number of carbonyl (C=O) groups excluding carboxylic acids is 7. The van der Waals surface area contributed by atoms with Crippen LogP contribution >= 0.6 is 0 Å². The lowest BCUT2D eigenvalue weighted by atomic mass is 10.0. The summed E-state index contributed by atoms with van der Waals surface area (Å²) in [6, 6.07) is -0.143. The van der Waals surface area contributed by atoms with Gasteiger partial charge in [-0.25, -0.2) is 4.98 Å². The quantitative estimate of drug-likeness (QED) is 0.0259. The summed E-state index contributed by atoms with van der Waals surface area (Å²) in [5.74, 6) is -9.24.